The fraction of sp³-hybridized carbons (Fsp3) is 0.125. The van der Waals surface area contributed by atoms with Crippen LogP contribution in [-0.2, 0) is 6.54 Å². The molecule has 1 N–H and O–H groups in total. The van der Waals surface area contributed by atoms with E-state index in [2.05, 4.69) is 10.5 Å². The normalized spacial score (nSPS) is 13.1. The predicted octanol–water partition coefficient (Wildman–Crippen LogP) is 4.25. The summed E-state index contributed by atoms with van der Waals surface area (Å²) < 4.78 is 5.44. The maximum atomic E-state index is 12.7. The number of amides is 2. The summed E-state index contributed by atoms with van der Waals surface area (Å²) in [5.41, 5.74) is 7.46. The molecule has 0 saturated carbocycles. The molecule has 0 aliphatic carbocycles. The number of anilines is 1. The third-order valence-corrected chi connectivity index (χ3v) is 5.05. The van der Waals surface area contributed by atoms with Gasteiger partial charge in [0.25, 0.3) is 11.8 Å². The van der Waals surface area contributed by atoms with Crippen molar-refractivity contribution in [1.82, 2.24) is 4.90 Å². The standard InChI is InChI=1S/C24H21N3O3/c1-16-7-3-6-10-21(16)26-25-14-17-11-12-22(30-2)18(13-17)15-27-23(28)19-8-4-5-9-20(19)24(27)29/h3-14,26H,15H2,1-2H3/b25-14-. The van der Waals surface area contributed by atoms with Gasteiger partial charge in [0.2, 0.25) is 0 Å². The number of rotatable bonds is 6. The van der Waals surface area contributed by atoms with Gasteiger partial charge in [-0.3, -0.25) is 19.9 Å². The van der Waals surface area contributed by atoms with E-state index >= 15 is 0 Å². The summed E-state index contributed by atoms with van der Waals surface area (Å²) in [5, 5.41) is 4.30. The quantitative estimate of drug-likeness (QED) is 0.382. The zero-order chi connectivity index (χ0) is 21.1. The molecule has 0 atom stereocenters. The lowest BCUT2D eigenvalue weighted by Gasteiger charge is -2.16. The number of carbonyl (C=O) groups is 2. The Hall–Kier alpha value is -3.93. The molecular formula is C24H21N3O3. The summed E-state index contributed by atoms with van der Waals surface area (Å²) in [6, 6.07) is 20.3. The smallest absolute Gasteiger partial charge is 0.261 e. The van der Waals surface area contributed by atoms with Gasteiger partial charge in [0.05, 0.1) is 36.7 Å². The predicted molar refractivity (Wildman–Crippen MR) is 116 cm³/mol. The molecule has 1 aliphatic rings. The Bertz CT molecular complexity index is 1120. The number of methoxy groups -OCH3 is 1. The molecule has 3 aromatic carbocycles. The molecule has 4 rings (SSSR count). The van der Waals surface area contributed by atoms with Crippen molar-refractivity contribution in [2.24, 2.45) is 5.10 Å². The number of carbonyl (C=O) groups excluding carboxylic acids is 2. The molecule has 6 heteroatoms. The topological polar surface area (TPSA) is 71.0 Å². The molecule has 6 nitrogen and oxygen atoms in total. The molecule has 3 aromatic rings. The van der Waals surface area contributed by atoms with E-state index in [1.165, 1.54) is 4.90 Å². The fourth-order valence-corrected chi connectivity index (χ4v) is 3.43. The Morgan fingerprint density at radius 1 is 0.967 bits per heavy atom. The zero-order valence-corrected chi connectivity index (χ0v) is 16.8. The highest BCUT2D eigenvalue weighted by atomic mass is 16.5. The fourth-order valence-electron chi connectivity index (χ4n) is 3.43. The van der Waals surface area contributed by atoms with Crippen LogP contribution in [0, 0.1) is 6.92 Å². The second kappa shape index (κ2) is 8.21. The SMILES string of the molecule is COc1ccc(/C=N\Nc2ccccc2C)cc1CN1C(=O)c2ccccc2C1=O. The van der Waals surface area contributed by atoms with E-state index < -0.39 is 0 Å². The molecule has 1 aliphatic heterocycles. The number of para-hydroxylation sites is 1. The van der Waals surface area contributed by atoms with Crippen LogP contribution in [0.4, 0.5) is 5.69 Å². The van der Waals surface area contributed by atoms with E-state index in [1.807, 2.05) is 49.4 Å². The maximum absolute atomic E-state index is 12.7. The first kappa shape index (κ1) is 19.4. The van der Waals surface area contributed by atoms with Gasteiger partial charge in [0.1, 0.15) is 5.75 Å². The van der Waals surface area contributed by atoms with Crippen LogP contribution < -0.4 is 10.2 Å². The number of nitrogens with zero attached hydrogens (tertiary/aromatic N) is 2. The molecule has 0 aromatic heterocycles. The van der Waals surface area contributed by atoms with Crippen molar-refractivity contribution in [3.05, 3.63) is 94.5 Å². The van der Waals surface area contributed by atoms with Gasteiger partial charge in [-0.25, -0.2) is 0 Å². The van der Waals surface area contributed by atoms with Crippen molar-refractivity contribution in [3.63, 3.8) is 0 Å². The van der Waals surface area contributed by atoms with Gasteiger partial charge in [-0.2, -0.15) is 5.10 Å². The van der Waals surface area contributed by atoms with Crippen molar-refractivity contribution >= 4 is 23.7 Å². The number of hydrogen-bond acceptors (Lipinski definition) is 5. The van der Waals surface area contributed by atoms with Crippen molar-refractivity contribution < 1.29 is 14.3 Å². The lowest BCUT2D eigenvalue weighted by Crippen LogP contribution is -2.29. The number of fused-ring (bicyclic) bond motifs is 1. The van der Waals surface area contributed by atoms with Crippen LogP contribution in [0.2, 0.25) is 0 Å². The first-order valence-electron chi connectivity index (χ1n) is 9.55. The summed E-state index contributed by atoms with van der Waals surface area (Å²) in [6.07, 6.45) is 1.69. The van der Waals surface area contributed by atoms with E-state index in [1.54, 1.807) is 37.6 Å². The maximum Gasteiger partial charge on any atom is 0.261 e. The third-order valence-electron chi connectivity index (χ3n) is 5.05. The highest BCUT2D eigenvalue weighted by Crippen LogP contribution is 2.27. The van der Waals surface area contributed by atoms with Crippen LogP contribution in [-0.4, -0.2) is 30.0 Å². The first-order chi connectivity index (χ1) is 14.6. The summed E-state index contributed by atoms with van der Waals surface area (Å²) in [7, 11) is 1.56. The third kappa shape index (κ3) is 3.67. The van der Waals surface area contributed by atoms with Crippen LogP contribution in [0.5, 0.6) is 5.75 Å². The number of ether oxygens (including phenoxy) is 1. The van der Waals surface area contributed by atoms with Gasteiger partial charge in [0, 0.05) is 5.56 Å². The number of benzene rings is 3. The molecule has 2 amide bonds. The average molecular weight is 399 g/mol. The second-order valence-corrected chi connectivity index (χ2v) is 7.00. The van der Waals surface area contributed by atoms with Crippen molar-refractivity contribution in [1.29, 1.82) is 0 Å². The van der Waals surface area contributed by atoms with Crippen LogP contribution in [0.25, 0.3) is 0 Å². The summed E-state index contributed by atoms with van der Waals surface area (Å²) in [4.78, 5) is 26.6. The van der Waals surface area contributed by atoms with Crippen LogP contribution in [0.15, 0.2) is 71.8 Å². The van der Waals surface area contributed by atoms with Gasteiger partial charge < -0.3 is 4.74 Å². The molecule has 0 saturated heterocycles. The molecule has 0 bridgehead atoms. The van der Waals surface area contributed by atoms with Gasteiger partial charge >= 0.3 is 0 Å². The number of hydrogen-bond donors (Lipinski definition) is 1. The number of nitrogens with one attached hydrogen (secondary N) is 1. The molecule has 150 valence electrons. The number of imide groups is 1. The molecule has 0 radical (unpaired) electrons. The Morgan fingerprint density at radius 3 is 2.30 bits per heavy atom. The Labute approximate surface area is 174 Å². The van der Waals surface area contributed by atoms with Gasteiger partial charge in [-0.1, -0.05) is 30.3 Å². The Kier molecular flexibility index (Phi) is 5.30. The molecular weight excluding hydrogens is 378 g/mol. The Morgan fingerprint density at radius 2 is 1.63 bits per heavy atom. The molecule has 0 unspecified atom stereocenters. The van der Waals surface area contributed by atoms with Gasteiger partial charge in [-0.15, -0.1) is 0 Å². The summed E-state index contributed by atoms with van der Waals surface area (Å²) >= 11 is 0. The van der Waals surface area contributed by atoms with Crippen LogP contribution in [0.3, 0.4) is 0 Å². The van der Waals surface area contributed by atoms with E-state index in [9.17, 15) is 9.59 Å². The zero-order valence-electron chi connectivity index (χ0n) is 16.8. The molecule has 0 fully saturated rings. The van der Waals surface area contributed by atoms with Crippen LogP contribution >= 0.6 is 0 Å². The summed E-state index contributed by atoms with van der Waals surface area (Å²) in [6.45, 7) is 2.13. The highest BCUT2D eigenvalue weighted by molar-refractivity contribution is 6.21. The minimum atomic E-state index is -0.294. The van der Waals surface area contributed by atoms with Crippen molar-refractivity contribution in [2.45, 2.75) is 13.5 Å². The number of aryl methyl sites for hydroxylation is 1. The number of hydrazone groups is 1. The lowest BCUT2D eigenvalue weighted by atomic mass is 10.1. The van der Waals surface area contributed by atoms with E-state index in [-0.39, 0.29) is 18.4 Å². The van der Waals surface area contributed by atoms with Gasteiger partial charge in [-0.05, 0) is 54.4 Å². The van der Waals surface area contributed by atoms with E-state index in [0.29, 0.717) is 16.9 Å². The minimum Gasteiger partial charge on any atom is -0.496 e. The average Bonchev–Trinajstić information content (AvgIpc) is 3.00. The second-order valence-electron chi connectivity index (χ2n) is 7.00. The highest BCUT2D eigenvalue weighted by Gasteiger charge is 2.35. The largest absolute Gasteiger partial charge is 0.496 e. The lowest BCUT2D eigenvalue weighted by molar-refractivity contribution is 0.0641. The Balaban J connectivity index is 1.55. The van der Waals surface area contributed by atoms with E-state index in [4.69, 9.17) is 4.74 Å². The molecule has 1 heterocycles. The van der Waals surface area contributed by atoms with Crippen molar-refractivity contribution in [3.8, 4) is 5.75 Å². The summed E-state index contributed by atoms with van der Waals surface area (Å²) in [5.74, 6) is 0.0199. The van der Waals surface area contributed by atoms with Crippen LogP contribution in [0.1, 0.15) is 37.4 Å². The molecule has 30 heavy (non-hydrogen) atoms. The monoisotopic (exact) mass is 399 g/mol. The minimum absolute atomic E-state index is 0.127. The van der Waals surface area contributed by atoms with Crippen molar-refractivity contribution in [2.75, 3.05) is 12.5 Å². The first-order valence-corrected chi connectivity index (χ1v) is 9.55. The molecule has 0 spiro atoms. The van der Waals surface area contributed by atoms with Gasteiger partial charge in [0.15, 0.2) is 0 Å². The van der Waals surface area contributed by atoms with E-state index in [0.717, 1.165) is 22.4 Å².